The van der Waals surface area contributed by atoms with Gasteiger partial charge in [0.15, 0.2) is 0 Å². The van der Waals surface area contributed by atoms with Gasteiger partial charge in [-0.15, -0.1) is 11.8 Å². The lowest BCUT2D eigenvalue weighted by Gasteiger charge is -2.17. The molecule has 6 N–H and O–H groups in total. The molecule has 0 spiro atoms. The zero-order valence-corrected chi connectivity index (χ0v) is 11.8. The molecule has 0 radical (unpaired) electrons. The maximum atomic E-state index is 11.8. The van der Waals surface area contributed by atoms with Gasteiger partial charge in [0.2, 0.25) is 0 Å². The molecule has 1 aromatic rings. The number of ether oxygens (including phenoxy) is 1. The second kappa shape index (κ2) is 6.43. The minimum Gasteiger partial charge on any atom is -0.463 e. The van der Waals surface area contributed by atoms with Crippen LogP contribution in [0.25, 0.3) is 0 Å². The van der Waals surface area contributed by atoms with E-state index in [4.69, 9.17) is 16.2 Å². The van der Waals surface area contributed by atoms with Crippen molar-refractivity contribution in [1.82, 2.24) is 9.55 Å². The number of nitrogens with zero attached hydrogens (tertiary/aromatic N) is 2. The average Bonchev–Trinajstić information content (AvgIpc) is 2.73. The molecule has 9 nitrogen and oxygen atoms in total. The predicted octanol–water partition coefficient (Wildman–Crippen LogP) is -2.34. The fraction of sp³-hybridized carbons (Fsp3) is 0.545. The minimum absolute atomic E-state index is 0.0720. The first-order valence-electron chi connectivity index (χ1n) is 6.16. The van der Waals surface area contributed by atoms with Crippen molar-refractivity contribution in [2.45, 2.75) is 22.8 Å². The summed E-state index contributed by atoms with van der Waals surface area (Å²) < 4.78 is 6.03. The molecule has 1 aliphatic rings. The third-order valence-electron chi connectivity index (χ3n) is 3.04. The highest BCUT2D eigenvalue weighted by atomic mass is 32.2. The number of nitrogen functional groups attached to an aromatic ring is 1. The summed E-state index contributed by atoms with van der Waals surface area (Å²) in [6.07, 6.45) is -0.943. The first kappa shape index (κ1) is 15.8. The van der Waals surface area contributed by atoms with Crippen molar-refractivity contribution in [2.75, 3.05) is 18.9 Å². The summed E-state index contributed by atoms with van der Waals surface area (Å²) in [6.45, 7) is -0.368. The van der Waals surface area contributed by atoms with Crippen LogP contribution in [0, 0.1) is 0 Å². The van der Waals surface area contributed by atoms with Crippen molar-refractivity contribution in [1.29, 1.82) is 0 Å². The van der Waals surface area contributed by atoms with E-state index in [2.05, 4.69) is 4.98 Å². The molecular weight excluding hydrogens is 300 g/mol. The van der Waals surface area contributed by atoms with Crippen LogP contribution in [0.5, 0.6) is 0 Å². The molecule has 1 fully saturated rings. The fourth-order valence-corrected chi connectivity index (χ4v) is 3.39. The van der Waals surface area contributed by atoms with Crippen LogP contribution in [0.3, 0.4) is 0 Å². The molecule has 0 aromatic carbocycles. The molecule has 1 aromatic heterocycles. The van der Waals surface area contributed by atoms with E-state index in [0.29, 0.717) is 0 Å². The van der Waals surface area contributed by atoms with Crippen LogP contribution in [0.1, 0.15) is 5.37 Å². The van der Waals surface area contributed by atoms with E-state index in [9.17, 15) is 19.8 Å². The number of thioether (sulfide) groups is 1. The van der Waals surface area contributed by atoms with Crippen LogP contribution in [-0.4, -0.2) is 56.3 Å². The fourth-order valence-electron chi connectivity index (χ4n) is 1.95. The molecule has 1 saturated heterocycles. The molecule has 2 rings (SSSR count). The number of aliphatic hydroxyl groups excluding tert-OH is 2. The van der Waals surface area contributed by atoms with Crippen molar-refractivity contribution in [3.63, 3.8) is 0 Å². The molecule has 0 amide bonds. The Kier molecular flexibility index (Phi) is 4.83. The smallest absolute Gasteiger partial charge is 0.350 e. The summed E-state index contributed by atoms with van der Waals surface area (Å²) in [4.78, 5) is 26.3. The van der Waals surface area contributed by atoms with Crippen LogP contribution in [-0.2, 0) is 9.53 Å². The number of hydrogen-bond donors (Lipinski definition) is 4. The lowest BCUT2D eigenvalue weighted by atomic mass is 10.1. The molecule has 0 saturated carbocycles. The first-order valence-corrected chi connectivity index (χ1v) is 7.10. The van der Waals surface area contributed by atoms with Gasteiger partial charge in [0.1, 0.15) is 23.9 Å². The largest absolute Gasteiger partial charge is 0.463 e. The maximum Gasteiger partial charge on any atom is 0.350 e. The molecule has 4 atom stereocenters. The van der Waals surface area contributed by atoms with E-state index >= 15 is 0 Å². The van der Waals surface area contributed by atoms with E-state index in [1.165, 1.54) is 16.8 Å². The van der Waals surface area contributed by atoms with Gasteiger partial charge in [0.05, 0.1) is 17.9 Å². The second-order valence-corrected chi connectivity index (χ2v) is 5.84. The minimum atomic E-state index is -1.19. The summed E-state index contributed by atoms with van der Waals surface area (Å²) in [5.41, 5.74) is 9.89. The molecule has 10 heteroatoms. The summed E-state index contributed by atoms with van der Waals surface area (Å²) in [7, 11) is 0. The molecule has 116 valence electrons. The molecule has 21 heavy (non-hydrogen) atoms. The Hall–Kier alpha value is -1.62. The Morgan fingerprint density at radius 1 is 1.48 bits per heavy atom. The summed E-state index contributed by atoms with van der Waals surface area (Å²) in [5.74, 6) is -0.533. The normalized spacial score (nSPS) is 28.5. The molecule has 2 unspecified atom stereocenters. The third-order valence-corrected chi connectivity index (χ3v) is 4.59. The Balaban J connectivity index is 2.12. The zero-order valence-electron chi connectivity index (χ0n) is 11.0. The monoisotopic (exact) mass is 316 g/mol. The van der Waals surface area contributed by atoms with Crippen molar-refractivity contribution in [2.24, 2.45) is 5.73 Å². The summed E-state index contributed by atoms with van der Waals surface area (Å²) in [5, 5.41) is 18.7. The van der Waals surface area contributed by atoms with Crippen LogP contribution >= 0.6 is 11.8 Å². The van der Waals surface area contributed by atoms with Crippen LogP contribution in [0.15, 0.2) is 17.1 Å². The van der Waals surface area contributed by atoms with Gasteiger partial charge in [-0.3, -0.25) is 9.36 Å². The maximum absolute atomic E-state index is 11.8. The van der Waals surface area contributed by atoms with Crippen LogP contribution in [0.2, 0.25) is 0 Å². The SMILES string of the molecule is NCC(=O)OC[C@H]1S[C@@H](n2ccc(N)nc2=O)C(O)C1O. The standard InChI is InChI=1S/C11H16N4O5S/c12-3-7(16)20-4-5-8(17)9(18)10(21-5)15-2-1-6(13)14-11(15)19/h1-2,5,8-10,17-18H,3-4,12H2,(H2,13,14,19)/t5-,8?,9?,10-/m1/s1. The van der Waals surface area contributed by atoms with E-state index < -0.39 is 34.5 Å². The summed E-state index contributed by atoms with van der Waals surface area (Å²) >= 11 is 1.12. The molecule has 0 aliphatic carbocycles. The number of esters is 1. The van der Waals surface area contributed by atoms with E-state index in [0.717, 1.165) is 11.8 Å². The highest BCUT2D eigenvalue weighted by Crippen LogP contribution is 2.41. The van der Waals surface area contributed by atoms with Crippen molar-refractivity contribution >= 4 is 23.5 Å². The van der Waals surface area contributed by atoms with Crippen molar-refractivity contribution in [3.8, 4) is 0 Å². The van der Waals surface area contributed by atoms with Gasteiger partial charge >= 0.3 is 11.7 Å². The number of aliphatic hydroxyl groups is 2. The van der Waals surface area contributed by atoms with Gasteiger partial charge in [-0.25, -0.2) is 4.79 Å². The van der Waals surface area contributed by atoms with E-state index in [1.807, 2.05) is 0 Å². The van der Waals surface area contributed by atoms with E-state index in [-0.39, 0.29) is 19.0 Å². The van der Waals surface area contributed by atoms with E-state index in [1.54, 1.807) is 0 Å². The third kappa shape index (κ3) is 3.35. The van der Waals surface area contributed by atoms with Gasteiger partial charge in [0, 0.05) is 6.20 Å². The Labute approximate surface area is 123 Å². The lowest BCUT2D eigenvalue weighted by Crippen LogP contribution is -2.36. The van der Waals surface area contributed by atoms with Gasteiger partial charge in [-0.2, -0.15) is 4.98 Å². The number of hydrogen-bond acceptors (Lipinski definition) is 9. The number of carbonyl (C=O) groups is 1. The number of rotatable bonds is 4. The quantitative estimate of drug-likeness (QED) is 0.447. The van der Waals surface area contributed by atoms with Gasteiger partial charge in [-0.1, -0.05) is 0 Å². The number of carbonyl (C=O) groups excluding carboxylic acids is 1. The highest BCUT2D eigenvalue weighted by Gasteiger charge is 2.44. The lowest BCUT2D eigenvalue weighted by molar-refractivity contribution is -0.142. The zero-order chi connectivity index (χ0) is 15.6. The van der Waals surface area contributed by atoms with Crippen molar-refractivity contribution < 1.29 is 19.7 Å². The molecule has 0 bridgehead atoms. The number of aromatic nitrogens is 2. The Morgan fingerprint density at radius 2 is 2.19 bits per heavy atom. The summed E-state index contributed by atoms with van der Waals surface area (Å²) in [6, 6.07) is 1.42. The number of anilines is 1. The van der Waals surface area contributed by atoms with Gasteiger partial charge in [0.25, 0.3) is 0 Å². The Bertz CT molecular complexity index is 580. The molecule has 2 heterocycles. The first-order chi connectivity index (χ1) is 9.93. The second-order valence-electron chi connectivity index (χ2n) is 4.48. The molecule has 1 aliphatic heterocycles. The average molecular weight is 316 g/mol. The van der Waals surface area contributed by atoms with Crippen LogP contribution in [0.4, 0.5) is 5.82 Å². The number of nitrogens with two attached hydrogens (primary N) is 2. The Morgan fingerprint density at radius 3 is 2.81 bits per heavy atom. The van der Waals surface area contributed by atoms with Gasteiger partial charge in [-0.05, 0) is 6.07 Å². The molecular formula is C11H16N4O5S. The topological polar surface area (TPSA) is 154 Å². The van der Waals surface area contributed by atoms with Gasteiger partial charge < -0.3 is 26.4 Å². The highest BCUT2D eigenvalue weighted by molar-refractivity contribution is 8.00. The van der Waals surface area contributed by atoms with Crippen LogP contribution < -0.4 is 17.2 Å². The predicted molar refractivity (Wildman–Crippen MR) is 75.4 cm³/mol. The van der Waals surface area contributed by atoms with Crippen molar-refractivity contribution in [3.05, 3.63) is 22.7 Å².